The van der Waals surface area contributed by atoms with Gasteiger partial charge in [-0.15, -0.1) is 0 Å². The Morgan fingerprint density at radius 2 is 2.16 bits per heavy atom. The largest absolute Gasteiger partial charge is 0.391 e. The van der Waals surface area contributed by atoms with Gasteiger partial charge in [0.25, 0.3) is 0 Å². The molecule has 0 heterocycles. The molecule has 0 aromatic heterocycles. The summed E-state index contributed by atoms with van der Waals surface area (Å²) in [6.07, 6.45) is -0.582. The highest BCUT2D eigenvalue weighted by molar-refractivity contribution is 7.84. The van der Waals surface area contributed by atoms with E-state index in [1.165, 1.54) is 0 Å². The third-order valence-electron chi connectivity index (χ3n) is 2.82. The molecular formula is C14H23NO3S. The van der Waals surface area contributed by atoms with Crippen molar-refractivity contribution in [1.29, 1.82) is 0 Å². The van der Waals surface area contributed by atoms with Gasteiger partial charge in [-0.1, -0.05) is 24.3 Å². The van der Waals surface area contributed by atoms with Crippen molar-refractivity contribution in [2.24, 2.45) is 0 Å². The van der Waals surface area contributed by atoms with Crippen LogP contribution in [0.3, 0.4) is 0 Å². The first-order chi connectivity index (χ1) is 9.13. The summed E-state index contributed by atoms with van der Waals surface area (Å²) >= 11 is 0. The number of aryl methyl sites for hydroxylation is 1. The normalized spacial score (nSPS) is 14.3. The zero-order valence-corrected chi connectivity index (χ0v) is 12.4. The number of hydrogen-bond donors (Lipinski definition) is 2. The van der Waals surface area contributed by atoms with E-state index in [0.29, 0.717) is 31.2 Å². The third-order valence-corrected chi connectivity index (χ3v) is 4.21. The highest BCUT2D eigenvalue weighted by atomic mass is 32.2. The Bertz CT molecular complexity index is 398. The van der Waals surface area contributed by atoms with E-state index in [9.17, 15) is 9.32 Å². The lowest BCUT2D eigenvalue weighted by Crippen LogP contribution is -2.33. The molecule has 0 saturated heterocycles. The fraction of sp³-hybridized carbons (Fsp3) is 0.571. The van der Waals surface area contributed by atoms with Crippen molar-refractivity contribution >= 4 is 10.8 Å². The Labute approximate surface area is 117 Å². The topological polar surface area (TPSA) is 58.6 Å². The van der Waals surface area contributed by atoms with Crippen LogP contribution in [0.5, 0.6) is 0 Å². The van der Waals surface area contributed by atoms with Gasteiger partial charge in [-0.3, -0.25) is 4.21 Å². The summed E-state index contributed by atoms with van der Waals surface area (Å²) in [6.45, 7) is 3.76. The van der Waals surface area contributed by atoms with Gasteiger partial charge in [0, 0.05) is 36.8 Å². The average Bonchev–Trinajstić information content (AvgIpc) is 2.37. The van der Waals surface area contributed by atoms with Gasteiger partial charge < -0.3 is 15.2 Å². The van der Waals surface area contributed by atoms with Gasteiger partial charge in [0.05, 0.1) is 18.5 Å². The molecule has 1 aromatic rings. The molecular weight excluding hydrogens is 262 g/mol. The summed E-state index contributed by atoms with van der Waals surface area (Å²) in [5.41, 5.74) is 2.23. The van der Waals surface area contributed by atoms with E-state index >= 15 is 0 Å². The molecule has 1 aromatic carbocycles. The van der Waals surface area contributed by atoms with E-state index in [4.69, 9.17) is 4.74 Å². The molecule has 2 atom stereocenters. The van der Waals surface area contributed by atoms with Crippen LogP contribution in [0.25, 0.3) is 0 Å². The first-order valence-electron chi connectivity index (χ1n) is 6.40. The molecule has 5 heteroatoms. The minimum absolute atomic E-state index is 0.300. The van der Waals surface area contributed by atoms with Gasteiger partial charge in [-0.05, 0) is 18.1 Å². The zero-order valence-electron chi connectivity index (χ0n) is 11.6. The maximum atomic E-state index is 12.0. The summed E-state index contributed by atoms with van der Waals surface area (Å²) in [4.78, 5) is 0. The Hall–Kier alpha value is -0.750. The van der Waals surface area contributed by atoms with Gasteiger partial charge in [-0.2, -0.15) is 0 Å². The van der Waals surface area contributed by atoms with Crippen LogP contribution in [-0.2, 0) is 21.3 Å². The third kappa shape index (κ3) is 6.82. The van der Waals surface area contributed by atoms with Crippen LogP contribution in [0.1, 0.15) is 11.1 Å². The zero-order chi connectivity index (χ0) is 14.1. The molecule has 1 rings (SSSR count). The summed E-state index contributed by atoms with van der Waals surface area (Å²) in [7, 11) is 0.594. The van der Waals surface area contributed by atoms with Gasteiger partial charge in [0.2, 0.25) is 0 Å². The average molecular weight is 285 g/mol. The molecule has 0 fully saturated rings. The molecule has 0 aliphatic carbocycles. The van der Waals surface area contributed by atoms with Crippen LogP contribution in [-0.4, -0.2) is 48.0 Å². The maximum Gasteiger partial charge on any atom is 0.0779 e. The lowest BCUT2D eigenvalue weighted by molar-refractivity contribution is 0.174. The number of hydrogen-bond acceptors (Lipinski definition) is 4. The second-order valence-electron chi connectivity index (χ2n) is 4.53. The second kappa shape index (κ2) is 9.20. The van der Waals surface area contributed by atoms with Gasteiger partial charge in [-0.25, -0.2) is 0 Å². The van der Waals surface area contributed by atoms with E-state index in [-0.39, 0.29) is 0 Å². The van der Waals surface area contributed by atoms with E-state index < -0.39 is 16.9 Å². The van der Waals surface area contributed by atoms with E-state index in [0.717, 1.165) is 11.1 Å². The lowest BCUT2D eigenvalue weighted by Gasteiger charge is -2.12. The van der Waals surface area contributed by atoms with Crippen molar-refractivity contribution in [3.05, 3.63) is 35.4 Å². The quantitative estimate of drug-likeness (QED) is 0.660. The van der Waals surface area contributed by atoms with Gasteiger partial charge >= 0.3 is 0 Å². The molecule has 19 heavy (non-hydrogen) atoms. The van der Waals surface area contributed by atoms with Crippen LogP contribution in [0.15, 0.2) is 24.3 Å². The molecule has 108 valence electrons. The predicted octanol–water partition coefficient (Wildman–Crippen LogP) is 0.841. The number of aliphatic hydroxyl groups is 1. The summed E-state index contributed by atoms with van der Waals surface area (Å²) in [5, 5.41) is 12.8. The maximum absolute atomic E-state index is 12.0. The van der Waals surface area contributed by atoms with Crippen LogP contribution in [0.4, 0.5) is 0 Å². The highest BCUT2D eigenvalue weighted by Crippen LogP contribution is 2.10. The molecule has 0 aliphatic heterocycles. The number of aliphatic hydroxyl groups excluding tert-OH is 1. The summed E-state index contributed by atoms with van der Waals surface area (Å²) in [6, 6.07) is 7.91. The summed E-state index contributed by atoms with van der Waals surface area (Å²) in [5.74, 6) is 0.802. The van der Waals surface area contributed by atoms with Crippen molar-refractivity contribution in [3.63, 3.8) is 0 Å². The minimum atomic E-state index is -1.04. The summed E-state index contributed by atoms with van der Waals surface area (Å²) < 4.78 is 16.9. The molecule has 0 radical (unpaired) electrons. The van der Waals surface area contributed by atoms with Crippen molar-refractivity contribution < 1.29 is 14.1 Å². The van der Waals surface area contributed by atoms with E-state index in [1.54, 1.807) is 7.11 Å². The SMILES string of the molecule is COCCNCC(O)CS(=O)Cc1ccccc1C. The van der Waals surface area contributed by atoms with Crippen molar-refractivity contribution in [2.45, 2.75) is 18.8 Å². The Morgan fingerprint density at radius 1 is 1.42 bits per heavy atom. The Morgan fingerprint density at radius 3 is 2.84 bits per heavy atom. The molecule has 0 saturated carbocycles. The first kappa shape index (κ1) is 16.3. The number of nitrogens with one attached hydrogen (secondary N) is 1. The standard InChI is InChI=1S/C14H23NO3S/c1-12-5-3-4-6-13(12)10-19(17)11-14(16)9-15-7-8-18-2/h3-6,14-16H,7-11H2,1-2H3. The van der Waals surface area contributed by atoms with Crippen molar-refractivity contribution in [1.82, 2.24) is 5.32 Å². The second-order valence-corrected chi connectivity index (χ2v) is 6.03. The van der Waals surface area contributed by atoms with Crippen LogP contribution in [0, 0.1) is 6.92 Å². The van der Waals surface area contributed by atoms with Gasteiger partial charge in [0.1, 0.15) is 0 Å². The molecule has 0 bridgehead atoms. The Kier molecular flexibility index (Phi) is 7.90. The molecule has 2 N–H and O–H groups in total. The molecule has 0 spiro atoms. The lowest BCUT2D eigenvalue weighted by atomic mass is 10.1. The predicted molar refractivity (Wildman–Crippen MR) is 78.6 cm³/mol. The first-order valence-corrected chi connectivity index (χ1v) is 7.89. The molecule has 2 unspecified atom stereocenters. The van der Waals surface area contributed by atoms with Crippen molar-refractivity contribution in [2.75, 3.05) is 32.6 Å². The fourth-order valence-electron chi connectivity index (χ4n) is 1.72. The molecule has 4 nitrogen and oxygen atoms in total. The highest BCUT2D eigenvalue weighted by Gasteiger charge is 2.10. The smallest absolute Gasteiger partial charge is 0.0779 e. The number of rotatable bonds is 9. The fourth-order valence-corrected chi connectivity index (χ4v) is 3.06. The van der Waals surface area contributed by atoms with E-state index in [1.807, 2.05) is 31.2 Å². The van der Waals surface area contributed by atoms with Gasteiger partial charge in [0.15, 0.2) is 0 Å². The van der Waals surface area contributed by atoms with Crippen molar-refractivity contribution in [3.8, 4) is 0 Å². The Balaban J connectivity index is 2.29. The number of methoxy groups -OCH3 is 1. The molecule has 0 aliphatic rings. The number of ether oxygens (including phenoxy) is 1. The molecule has 0 amide bonds. The van der Waals surface area contributed by atoms with Crippen LogP contribution < -0.4 is 5.32 Å². The monoisotopic (exact) mass is 285 g/mol. The van der Waals surface area contributed by atoms with E-state index in [2.05, 4.69) is 5.32 Å². The van der Waals surface area contributed by atoms with Crippen LogP contribution in [0.2, 0.25) is 0 Å². The van der Waals surface area contributed by atoms with Crippen LogP contribution >= 0.6 is 0 Å². The number of benzene rings is 1. The minimum Gasteiger partial charge on any atom is -0.391 e.